The Bertz CT molecular complexity index is 282. The van der Waals surface area contributed by atoms with E-state index in [0.29, 0.717) is 19.5 Å². The number of aliphatic carboxylic acids is 1. The monoisotopic (exact) mass is 273 g/mol. The van der Waals surface area contributed by atoms with Crippen LogP contribution in [0, 0.1) is 0 Å². The zero-order valence-corrected chi connectivity index (χ0v) is 12.6. The third kappa shape index (κ3) is 8.42. The molecule has 0 bridgehead atoms. The van der Waals surface area contributed by atoms with E-state index in [0.717, 1.165) is 19.5 Å². The largest absolute Gasteiger partial charge is 0.481 e. The minimum Gasteiger partial charge on any atom is -0.481 e. The summed E-state index contributed by atoms with van der Waals surface area (Å²) in [6, 6.07) is -0.0194. The normalized spacial score (nSPS) is 10.6. The van der Waals surface area contributed by atoms with Gasteiger partial charge in [-0.15, -0.1) is 0 Å². The minimum atomic E-state index is -0.820. The molecule has 0 spiro atoms. The maximum atomic E-state index is 12.2. The van der Waals surface area contributed by atoms with Crippen LogP contribution in [0.5, 0.6) is 0 Å². The maximum Gasteiger partial charge on any atom is 0.319 e. The van der Waals surface area contributed by atoms with Gasteiger partial charge in [-0.25, -0.2) is 4.79 Å². The van der Waals surface area contributed by atoms with Gasteiger partial charge in [0.05, 0.1) is 0 Å². The lowest BCUT2D eigenvalue weighted by Gasteiger charge is -2.29. The fourth-order valence-corrected chi connectivity index (χ4v) is 1.70. The number of likely N-dealkylation sites (N-methyl/N-ethyl adjacent to an activating group) is 1. The Balaban J connectivity index is 4.23. The second-order valence-electron chi connectivity index (χ2n) is 4.99. The van der Waals surface area contributed by atoms with Crippen molar-refractivity contribution in [3.05, 3.63) is 0 Å². The van der Waals surface area contributed by atoms with Gasteiger partial charge in [0.25, 0.3) is 0 Å². The van der Waals surface area contributed by atoms with Gasteiger partial charge >= 0.3 is 12.0 Å². The van der Waals surface area contributed by atoms with Gasteiger partial charge in [0.1, 0.15) is 0 Å². The SMILES string of the molecule is CCCN(CCN(C)C)C(=O)N(C)CCCC(=O)O. The van der Waals surface area contributed by atoms with Gasteiger partial charge in [0.2, 0.25) is 0 Å². The molecule has 0 aromatic carbocycles. The Labute approximate surface area is 116 Å². The van der Waals surface area contributed by atoms with Gasteiger partial charge < -0.3 is 19.8 Å². The fraction of sp³-hybridized carbons (Fsp3) is 0.846. The van der Waals surface area contributed by atoms with E-state index in [2.05, 4.69) is 0 Å². The maximum absolute atomic E-state index is 12.2. The lowest BCUT2D eigenvalue weighted by Crippen LogP contribution is -2.44. The molecule has 6 heteroatoms. The van der Waals surface area contributed by atoms with Crippen LogP contribution < -0.4 is 0 Å². The van der Waals surface area contributed by atoms with Crippen molar-refractivity contribution >= 4 is 12.0 Å². The van der Waals surface area contributed by atoms with E-state index in [-0.39, 0.29) is 12.5 Å². The Morgan fingerprint density at radius 3 is 2.11 bits per heavy atom. The number of amides is 2. The van der Waals surface area contributed by atoms with E-state index in [1.165, 1.54) is 0 Å². The van der Waals surface area contributed by atoms with Crippen molar-refractivity contribution in [2.45, 2.75) is 26.2 Å². The zero-order chi connectivity index (χ0) is 14.8. The van der Waals surface area contributed by atoms with Crippen molar-refractivity contribution in [2.24, 2.45) is 0 Å². The lowest BCUT2D eigenvalue weighted by atomic mass is 10.3. The summed E-state index contributed by atoms with van der Waals surface area (Å²) in [4.78, 5) is 28.1. The van der Waals surface area contributed by atoms with Gasteiger partial charge in [-0.1, -0.05) is 6.92 Å². The molecule has 0 aliphatic heterocycles. The van der Waals surface area contributed by atoms with Crippen LogP contribution in [0.25, 0.3) is 0 Å². The molecule has 6 nitrogen and oxygen atoms in total. The summed E-state index contributed by atoms with van der Waals surface area (Å²) in [6.07, 6.45) is 1.51. The van der Waals surface area contributed by atoms with Crippen molar-refractivity contribution in [3.63, 3.8) is 0 Å². The van der Waals surface area contributed by atoms with Crippen LogP contribution in [0.4, 0.5) is 4.79 Å². The van der Waals surface area contributed by atoms with Gasteiger partial charge in [-0.2, -0.15) is 0 Å². The Hall–Kier alpha value is -1.30. The molecule has 0 heterocycles. The van der Waals surface area contributed by atoms with E-state index in [4.69, 9.17) is 5.11 Å². The molecule has 0 radical (unpaired) electrons. The number of nitrogens with zero attached hydrogens (tertiary/aromatic N) is 3. The second-order valence-corrected chi connectivity index (χ2v) is 4.99. The highest BCUT2D eigenvalue weighted by atomic mass is 16.4. The predicted molar refractivity (Wildman–Crippen MR) is 75.3 cm³/mol. The summed E-state index contributed by atoms with van der Waals surface area (Å²) >= 11 is 0. The van der Waals surface area contributed by atoms with Crippen molar-refractivity contribution in [3.8, 4) is 0 Å². The van der Waals surface area contributed by atoms with E-state index in [1.54, 1.807) is 11.9 Å². The lowest BCUT2D eigenvalue weighted by molar-refractivity contribution is -0.137. The number of carboxylic acids is 1. The molecule has 0 saturated carbocycles. The van der Waals surface area contributed by atoms with E-state index >= 15 is 0 Å². The number of hydrogen-bond donors (Lipinski definition) is 1. The van der Waals surface area contributed by atoms with Gasteiger partial charge in [-0.3, -0.25) is 4.79 Å². The summed E-state index contributed by atoms with van der Waals surface area (Å²) in [6.45, 7) is 4.78. The first-order valence-corrected chi connectivity index (χ1v) is 6.75. The predicted octanol–water partition coefficient (Wildman–Crippen LogP) is 1.18. The molecule has 0 aliphatic carbocycles. The smallest absolute Gasteiger partial charge is 0.319 e. The van der Waals surface area contributed by atoms with Gasteiger partial charge in [-0.05, 0) is 26.9 Å². The second kappa shape index (κ2) is 9.61. The summed E-state index contributed by atoms with van der Waals surface area (Å²) in [5, 5.41) is 8.58. The number of urea groups is 1. The molecule has 0 rings (SSSR count). The van der Waals surface area contributed by atoms with Gasteiger partial charge in [0.15, 0.2) is 0 Å². The fourth-order valence-electron chi connectivity index (χ4n) is 1.70. The molecule has 0 aromatic rings. The van der Waals surface area contributed by atoms with E-state index in [9.17, 15) is 9.59 Å². The Morgan fingerprint density at radius 2 is 1.63 bits per heavy atom. The van der Waals surface area contributed by atoms with Crippen LogP contribution in [0.3, 0.4) is 0 Å². The number of carboxylic acid groups (broad SMARTS) is 1. The van der Waals surface area contributed by atoms with E-state index < -0.39 is 5.97 Å². The zero-order valence-electron chi connectivity index (χ0n) is 12.6. The Kier molecular flexibility index (Phi) is 8.95. The molecule has 0 aromatic heterocycles. The Morgan fingerprint density at radius 1 is 1.00 bits per heavy atom. The average Bonchev–Trinajstić information content (AvgIpc) is 2.32. The summed E-state index contributed by atoms with van der Waals surface area (Å²) in [7, 11) is 5.68. The topological polar surface area (TPSA) is 64.1 Å². The molecule has 0 fully saturated rings. The molecule has 0 aliphatic rings. The van der Waals surface area contributed by atoms with Crippen LogP contribution in [-0.2, 0) is 4.79 Å². The molecule has 0 saturated heterocycles. The molecule has 112 valence electrons. The summed E-state index contributed by atoms with van der Waals surface area (Å²) in [5.41, 5.74) is 0. The van der Waals surface area contributed by atoms with Crippen molar-refractivity contribution in [1.29, 1.82) is 0 Å². The van der Waals surface area contributed by atoms with Crippen molar-refractivity contribution < 1.29 is 14.7 Å². The quantitative estimate of drug-likeness (QED) is 0.685. The highest BCUT2D eigenvalue weighted by Crippen LogP contribution is 2.01. The van der Waals surface area contributed by atoms with Crippen molar-refractivity contribution in [1.82, 2.24) is 14.7 Å². The first-order chi connectivity index (χ1) is 8.88. The highest BCUT2D eigenvalue weighted by Gasteiger charge is 2.17. The molecule has 0 atom stereocenters. The molecule has 1 N–H and O–H groups in total. The van der Waals surface area contributed by atoms with E-state index in [1.807, 2.05) is 30.8 Å². The molecule has 19 heavy (non-hydrogen) atoms. The first-order valence-electron chi connectivity index (χ1n) is 6.75. The molecular formula is C13H27N3O3. The summed E-state index contributed by atoms with van der Waals surface area (Å²) in [5.74, 6) is -0.820. The third-order valence-corrected chi connectivity index (χ3v) is 2.79. The average molecular weight is 273 g/mol. The highest BCUT2D eigenvalue weighted by molar-refractivity contribution is 5.74. The molecule has 2 amide bonds. The number of carbonyl (C=O) groups excluding carboxylic acids is 1. The van der Waals surface area contributed by atoms with Crippen LogP contribution >= 0.6 is 0 Å². The van der Waals surface area contributed by atoms with Crippen LogP contribution in [0.1, 0.15) is 26.2 Å². The summed E-state index contributed by atoms with van der Waals surface area (Å²) < 4.78 is 0. The van der Waals surface area contributed by atoms with Crippen LogP contribution in [0.15, 0.2) is 0 Å². The molecular weight excluding hydrogens is 246 g/mol. The first kappa shape index (κ1) is 17.7. The number of carbonyl (C=O) groups is 2. The standard InChI is InChI=1S/C13H27N3O3/c1-5-8-16(11-10-14(2)3)13(19)15(4)9-6-7-12(17)18/h5-11H2,1-4H3,(H,17,18). The van der Waals surface area contributed by atoms with Crippen molar-refractivity contribution in [2.75, 3.05) is 47.3 Å². The third-order valence-electron chi connectivity index (χ3n) is 2.79. The number of hydrogen-bond acceptors (Lipinski definition) is 3. The minimum absolute atomic E-state index is 0.0194. The van der Waals surface area contributed by atoms with Gasteiger partial charge in [0, 0.05) is 39.6 Å². The molecule has 0 unspecified atom stereocenters. The van der Waals surface area contributed by atoms with Crippen LogP contribution in [-0.4, -0.2) is 79.1 Å². The van der Waals surface area contributed by atoms with Crippen LogP contribution in [0.2, 0.25) is 0 Å². The number of rotatable bonds is 9.